The molecule has 0 bridgehead atoms. The summed E-state index contributed by atoms with van der Waals surface area (Å²) in [5.41, 5.74) is -1.69. The first-order chi connectivity index (χ1) is 14.5. The van der Waals surface area contributed by atoms with E-state index in [-0.39, 0.29) is 11.4 Å². The zero-order chi connectivity index (χ0) is 22.6. The van der Waals surface area contributed by atoms with Crippen molar-refractivity contribution < 1.29 is 35.9 Å². The number of anilines is 1. The number of rotatable bonds is 4. The third-order valence-corrected chi connectivity index (χ3v) is 4.94. The number of alkyl halides is 6. The van der Waals surface area contributed by atoms with Crippen LogP contribution in [0, 0.1) is 0 Å². The minimum atomic E-state index is -4.53. The van der Waals surface area contributed by atoms with Gasteiger partial charge in [0.2, 0.25) is 0 Å². The van der Waals surface area contributed by atoms with Gasteiger partial charge in [0, 0.05) is 5.69 Å². The molecule has 0 aliphatic heterocycles. The summed E-state index contributed by atoms with van der Waals surface area (Å²) >= 11 is 0. The molecule has 2 atom stereocenters. The first kappa shape index (κ1) is 22.8. The molecule has 1 aliphatic rings. The maximum atomic E-state index is 12.8. The van der Waals surface area contributed by atoms with Gasteiger partial charge in [-0.15, -0.1) is 0 Å². The van der Waals surface area contributed by atoms with Crippen molar-refractivity contribution in [2.24, 2.45) is 0 Å². The summed E-state index contributed by atoms with van der Waals surface area (Å²) in [6.45, 7) is 0. The first-order valence-electron chi connectivity index (χ1n) is 9.61. The number of benzene rings is 2. The molecule has 0 heterocycles. The van der Waals surface area contributed by atoms with Crippen LogP contribution < -0.4 is 15.4 Å². The van der Waals surface area contributed by atoms with Crippen LogP contribution in [-0.4, -0.2) is 18.2 Å². The van der Waals surface area contributed by atoms with Gasteiger partial charge in [-0.3, -0.25) is 0 Å². The van der Waals surface area contributed by atoms with Gasteiger partial charge in [0.05, 0.1) is 17.2 Å². The van der Waals surface area contributed by atoms with Crippen LogP contribution >= 0.6 is 0 Å². The Bertz CT molecular complexity index is 896. The molecule has 0 radical (unpaired) electrons. The van der Waals surface area contributed by atoms with E-state index in [2.05, 4.69) is 10.6 Å². The van der Waals surface area contributed by atoms with E-state index in [4.69, 9.17) is 4.74 Å². The second-order valence-electron chi connectivity index (χ2n) is 7.25. The van der Waals surface area contributed by atoms with Gasteiger partial charge in [-0.1, -0.05) is 12.5 Å². The minimum absolute atomic E-state index is 0.0108. The van der Waals surface area contributed by atoms with Gasteiger partial charge in [-0.25, -0.2) is 4.79 Å². The SMILES string of the molecule is O=C(Nc1cccc(C(F)(F)F)c1)N[C@H]1CCCC[C@@H]1Oc1ccc(C(F)(F)F)cc1. The highest BCUT2D eigenvalue weighted by Gasteiger charge is 2.32. The summed E-state index contributed by atoms with van der Waals surface area (Å²) in [4.78, 5) is 12.3. The van der Waals surface area contributed by atoms with Crippen molar-refractivity contribution in [1.29, 1.82) is 0 Å². The van der Waals surface area contributed by atoms with Gasteiger partial charge < -0.3 is 15.4 Å². The van der Waals surface area contributed by atoms with Crippen molar-refractivity contribution in [3.8, 4) is 5.75 Å². The van der Waals surface area contributed by atoms with Crippen LogP contribution in [0.5, 0.6) is 5.75 Å². The summed E-state index contributed by atoms with van der Waals surface area (Å²) in [6.07, 6.45) is -6.68. The van der Waals surface area contributed by atoms with E-state index in [1.54, 1.807) is 0 Å². The van der Waals surface area contributed by atoms with Crippen molar-refractivity contribution >= 4 is 11.7 Å². The molecule has 0 spiro atoms. The van der Waals surface area contributed by atoms with Gasteiger partial charge in [0.25, 0.3) is 0 Å². The Morgan fingerprint density at radius 1 is 0.871 bits per heavy atom. The zero-order valence-corrected chi connectivity index (χ0v) is 16.2. The Morgan fingerprint density at radius 3 is 2.16 bits per heavy atom. The molecule has 2 aromatic carbocycles. The summed E-state index contributed by atoms with van der Waals surface area (Å²) in [6, 6.07) is 7.40. The van der Waals surface area contributed by atoms with E-state index >= 15 is 0 Å². The van der Waals surface area contributed by atoms with Crippen LogP contribution in [0.4, 0.5) is 36.8 Å². The molecule has 3 rings (SSSR count). The molecule has 168 valence electrons. The highest BCUT2D eigenvalue weighted by Crippen LogP contribution is 2.32. The van der Waals surface area contributed by atoms with E-state index in [9.17, 15) is 31.1 Å². The molecule has 1 fully saturated rings. The van der Waals surface area contributed by atoms with Gasteiger partial charge in [-0.2, -0.15) is 26.3 Å². The van der Waals surface area contributed by atoms with E-state index in [0.29, 0.717) is 12.8 Å². The summed E-state index contributed by atoms with van der Waals surface area (Å²) in [5, 5.41) is 5.07. The maximum absolute atomic E-state index is 12.8. The molecule has 0 unspecified atom stereocenters. The van der Waals surface area contributed by atoms with Gasteiger partial charge in [-0.05, 0) is 61.7 Å². The lowest BCUT2D eigenvalue weighted by Gasteiger charge is -2.32. The molecule has 0 saturated heterocycles. The van der Waals surface area contributed by atoms with Crippen LogP contribution in [0.2, 0.25) is 0 Å². The third-order valence-electron chi connectivity index (χ3n) is 4.94. The van der Waals surface area contributed by atoms with Crippen LogP contribution in [0.1, 0.15) is 36.8 Å². The second-order valence-corrected chi connectivity index (χ2v) is 7.25. The molecule has 2 aromatic rings. The van der Waals surface area contributed by atoms with Gasteiger partial charge >= 0.3 is 18.4 Å². The third kappa shape index (κ3) is 6.28. The average Bonchev–Trinajstić information content (AvgIpc) is 2.69. The number of urea groups is 1. The summed E-state index contributed by atoms with van der Waals surface area (Å²) < 4.78 is 82.3. The van der Waals surface area contributed by atoms with Crippen LogP contribution in [0.25, 0.3) is 0 Å². The van der Waals surface area contributed by atoms with Crippen molar-refractivity contribution in [1.82, 2.24) is 5.32 Å². The highest BCUT2D eigenvalue weighted by molar-refractivity contribution is 5.89. The Balaban J connectivity index is 1.62. The molecular formula is C21H20F6N2O2. The number of amides is 2. The maximum Gasteiger partial charge on any atom is 0.416 e. The number of ether oxygens (including phenoxy) is 1. The molecule has 31 heavy (non-hydrogen) atoms. The standard InChI is InChI=1S/C21H20F6N2O2/c22-20(23,24)13-8-10-16(11-9-13)31-18-7-2-1-6-17(18)29-19(30)28-15-5-3-4-14(12-15)21(25,26)27/h3-5,8-12,17-18H,1-2,6-7H2,(H2,28,29,30)/t17-,18-/m0/s1. The average molecular weight is 446 g/mol. The summed E-state index contributed by atoms with van der Waals surface area (Å²) in [5.74, 6) is 0.241. The van der Waals surface area contributed by atoms with Crippen molar-refractivity contribution in [3.05, 3.63) is 59.7 Å². The normalized spacial score (nSPS) is 19.5. The van der Waals surface area contributed by atoms with Crippen molar-refractivity contribution in [2.75, 3.05) is 5.32 Å². The smallest absolute Gasteiger partial charge is 0.416 e. The van der Waals surface area contributed by atoms with Crippen LogP contribution in [0.15, 0.2) is 48.5 Å². The number of carbonyl (C=O) groups excluding carboxylic acids is 1. The fraction of sp³-hybridized carbons (Fsp3) is 0.381. The fourth-order valence-electron chi connectivity index (χ4n) is 3.41. The van der Waals surface area contributed by atoms with E-state index in [1.165, 1.54) is 24.3 Å². The number of hydrogen-bond acceptors (Lipinski definition) is 2. The molecule has 0 aromatic heterocycles. The van der Waals surface area contributed by atoms with E-state index < -0.39 is 41.7 Å². The van der Waals surface area contributed by atoms with E-state index in [1.807, 2.05) is 0 Å². The molecule has 1 aliphatic carbocycles. The molecule has 10 heteroatoms. The van der Waals surface area contributed by atoms with Crippen molar-refractivity contribution in [2.45, 2.75) is 50.2 Å². The Kier molecular flexibility index (Phi) is 6.66. The van der Waals surface area contributed by atoms with Gasteiger partial charge in [0.1, 0.15) is 11.9 Å². The minimum Gasteiger partial charge on any atom is -0.488 e. The van der Waals surface area contributed by atoms with Crippen LogP contribution in [0.3, 0.4) is 0 Å². The first-order valence-corrected chi connectivity index (χ1v) is 9.61. The van der Waals surface area contributed by atoms with Gasteiger partial charge in [0.15, 0.2) is 0 Å². The molecular weight excluding hydrogens is 426 g/mol. The predicted molar refractivity (Wildman–Crippen MR) is 102 cm³/mol. The Labute approximate surface area is 174 Å². The topological polar surface area (TPSA) is 50.4 Å². The highest BCUT2D eigenvalue weighted by atomic mass is 19.4. The fourth-order valence-corrected chi connectivity index (χ4v) is 3.41. The zero-order valence-electron chi connectivity index (χ0n) is 16.2. The second kappa shape index (κ2) is 9.07. The molecule has 1 saturated carbocycles. The van der Waals surface area contributed by atoms with Crippen LogP contribution in [-0.2, 0) is 12.4 Å². The molecule has 4 nitrogen and oxygen atoms in total. The Morgan fingerprint density at radius 2 is 1.52 bits per heavy atom. The monoisotopic (exact) mass is 446 g/mol. The lowest BCUT2D eigenvalue weighted by atomic mass is 9.92. The number of hydrogen-bond donors (Lipinski definition) is 2. The number of nitrogens with one attached hydrogen (secondary N) is 2. The van der Waals surface area contributed by atoms with E-state index in [0.717, 1.165) is 37.1 Å². The number of halogens is 6. The Hall–Kier alpha value is -2.91. The summed E-state index contributed by atoms with van der Waals surface area (Å²) in [7, 11) is 0. The number of carbonyl (C=O) groups is 1. The molecule has 2 N–H and O–H groups in total. The lowest BCUT2D eigenvalue weighted by molar-refractivity contribution is -0.138. The quantitative estimate of drug-likeness (QED) is 0.547. The lowest BCUT2D eigenvalue weighted by Crippen LogP contribution is -2.49. The molecule has 2 amide bonds. The van der Waals surface area contributed by atoms with Crippen molar-refractivity contribution in [3.63, 3.8) is 0 Å². The largest absolute Gasteiger partial charge is 0.488 e. The predicted octanol–water partition coefficient (Wildman–Crippen LogP) is 6.24.